The quantitative estimate of drug-likeness (QED) is 0.670. The molecule has 16 heavy (non-hydrogen) atoms. The van der Waals surface area contributed by atoms with Gasteiger partial charge in [-0.05, 0) is 32.9 Å². The summed E-state index contributed by atoms with van der Waals surface area (Å²) < 4.78 is 4.98. The van der Waals surface area contributed by atoms with E-state index in [9.17, 15) is 4.79 Å². The van der Waals surface area contributed by atoms with E-state index >= 15 is 0 Å². The average molecular weight is 224 g/mol. The molecular weight excluding hydrogens is 208 g/mol. The number of hydrogen-bond donors (Lipinski definition) is 2. The Morgan fingerprint density at radius 1 is 1.56 bits per heavy atom. The van der Waals surface area contributed by atoms with Gasteiger partial charge in [0, 0.05) is 12.5 Å². The second-order valence-electron chi connectivity index (χ2n) is 3.97. The zero-order valence-corrected chi connectivity index (χ0v) is 9.32. The molecular formula is C10H16N4O2. The lowest BCUT2D eigenvalue weighted by atomic mass is 10.3. The SMILES string of the molecule is CNCCCc1nc(C(=O)NC2CC2)no1. The number of carbonyl (C=O) groups excluding carboxylic acids is 1. The highest BCUT2D eigenvalue weighted by atomic mass is 16.5. The Bertz CT molecular complexity index is 359. The van der Waals surface area contributed by atoms with E-state index in [0.717, 1.165) is 25.8 Å². The van der Waals surface area contributed by atoms with Crippen LogP contribution in [0.15, 0.2) is 4.52 Å². The van der Waals surface area contributed by atoms with Crippen molar-refractivity contribution in [1.82, 2.24) is 20.8 Å². The van der Waals surface area contributed by atoms with Crippen molar-refractivity contribution in [2.24, 2.45) is 0 Å². The van der Waals surface area contributed by atoms with Gasteiger partial charge < -0.3 is 15.2 Å². The fourth-order valence-corrected chi connectivity index (χ4v) is 1.34. The smallest absolute Gasteiger partial charge is 0.292 e. The molecule has 1 aromatic rings. The van der Waals surface area contributed by atoms with Crippen LogP contribution < -0.4 is 10.6 Å². The number of rotatable bonds is 6. The fraction of sp³-hybridized carbons (Fsp3) is 0.700. The third kappa shape index (κ3) is 3.03. The van der Waals surface area contributed by atoms with Gasteiger partial charge in [-0.15, -0.1) is 0 Å². The lowest BCUT2D eigenvalue weighted by Gasteiger charge is -1.96. The van der Waals surface area contributed by atoms with Gasteiger partial charge in [-0.1, -0.05) is 5.16 Å². The number of nitrogens with one attached hydrogen (secondary N) is 2. The van der Waals surface area contributed by atoms with Crippen molar-refractivity contribution in [2.75, 3.05) is 13.6 Å². The zero-order chi connectivity index (χ0) is 11.4. The summed E-state index contributed by atoms with van der Waals surface area (Å²) in [7, 11) is 1.89. The van der Waals surface area contributed by atoms with Crippen molar-refractivity contribution in [1.29, 1.82) is 0 Å². The van der Waals surface area contributed by atoms with Gasteiger partial charge in [-0.25, -0.2) is 0 Å². The summed E-state index contributed by atoms with van der Waals surface area (Å²) in [5, 5.41) is 9.50. The van der Waals surface area contributed by atoms with Gasteiger partial charge in [0.2, 0.25) is 5.89 Å². The summed E-state index contributed by atoms with van der Waals surface area (Å²) in [6, 6.07) is 0.318. The lowest BCUT2D eigenvalue weighted by molar-refractivity contribution is 0.0937. The first-order chi connectivity index (χ1) is 7.79. The van der Waals surface area contributed by atoms with E-state index < -0.39 is 0 Å². The molecule has 1 heterocycles. The molecule has 6 heteroatoms. The van der Waals surface area contributed by atoms with Gasteiger partial charge in [0.15, 0.2) is 0 Å². The molecule has 2 N–H and O–H groups in total. The zero-order valence-electron chi connectivity index (χ0n) is 9.32. The van der Waals surface area contributed by atoms with E-state index in [4.69, 9.17) is 4.52 Å². The van der Waals surface area contributed by atoms with Crippen LogP contribution in [0.1, 0.15) is 35.8 Å². The standard InChI is InChI=1S/C10H16N4O2/c1-11-6-2-3-8-13-9(14-16-8)10(15)12-7-4-5-7/h7,11H,2-6H2,1H3,(H,12,15). The summed E-state index contributed by atoms with van der Waals surface area (Å²) in [4.78, 5) is 15.6. The van der Waals surface area contributed by atoms with E-state index in [0.29, 0.717) is 18.4 Å². The van der Waals surface area contributed by atoms with Gasteiger partial charge in [0.1, 0.15) is 0 Å². The Balaban J connectivity index is 1.83. The molecule has 1 amide bonds. The van der Waals surface area contributed by atoms with Gasteiger partial charge in [-0.3, -0.25) is 4.79 Å². The number of carbonyl (C=O) groups is 1. The molecule has 0 unspecified atom stereocenters. The van der Waals surface area contributed by atoms with E-state index in [1.54, 1.807) is 0 Å². The highest BCUT2D eigenvalue weighted by molar-refractivity contribution is 5.90. The number of aryl methyl sites for hydroxylation is 1. The van der Waals surface area contributed by atoms with Gasteiger partial charge in [0.25, 0.3) is 11.7 Å². The molecule has 1 fully saturated rings. The van der Waals surface area contributed by atoms with Crippen LogP contribution in [0.2, 0.25) is 0 Å². The number of aromatic nitrogens is 2. The third-order valence-corrected chi connectivity index (χ3v) is 2.40. The molecule has 0 spiro atoms. The van der Waals surface area contributed by atoms with Crippen LogP contribution in [0.5, 0.6) is 0 Å². The molecule has 0 saturated heterocycles. The van der Waals surface area contributed by atoms with Gasteiger partial charge in [-0.2, -0.15) is 4.98 Å². The van der Waals surface area contributed by atoms with Crippen LogP contribution in [-0.4, -0.2) is 35.7 Å². The molecule has 0 aromatic carbocycles. The topological polar surface area (TPSA) is 80.0 Å². The van der Waals surface area contributed by atoms with Crippen LogP contribution in [-0.2, 0) is 6.42 Å². The summed E-state index contributed by atoms with van der Waals surface area (Å²) in [5.41, 5.74) is 0. The van der Waals surface area contributed by atoms with Crippen molar-refractivity contribution in [3.63, 3.8) is 0 Å². The maximum atomic E-state index is 11.5. The normalized spacial score (nSPS) is 15.1. The van der Waals surface area contributed by atoms with Crippen molar-refractivity contribution in [2.45, 2.75) is 31.7 Å². The van der Waals surface area contributed by atoms with Crippen molar-refractivity contribution in [3.05, 3.63) is 11.7 Å². The number of amides is 1. The molecule has 1 aliphatic carbocycles. The Labute approximate surface area is 93.8 Å². The molecule has 1 aromatic heterocycles. The molecule has 88 valence electrons. The molecule has 0 bridgehead atoms. The van der Waals surface area contributed by atoms with Crippen molar-refractivity contribution >= 4 is 5.91 Å². The largest absolute Gasteiger partial charge is 0.346 e. The van der Waals surface area contributed by atoms with Crippen molar-refractivity contribution in [3.8, 4) is 0 Å². The predicted molar refractivity (Wildman–Crippen MR) is 57.0 cm³/mol. The summed E-state index contributed by atoms with van der Waals surface area (Å²) in [6.45, 7) is 0.895. The van der Waals surface area contributed by atoms with Crippen LogP contribution >= 0.6 is 0 Å². The Hall–Kier alpha value is -1.43. The van der Waals surface area contributed by atoms with Crippen molar-refractivity contribution < 1.29 is 9.32 Å². The Morgan fingerprint density at radius 3 is 3.06 bits per heavy atom. The average Bonchev–Trinajstić information content (AvgIpc) is 2.95. The highest BCUT2D eigenvalue weighted by Gasteiger charge is 2.25. The van der Waals surface area contributed by atoms with Crippen LogP contribution in [0.4, 0.5) is 0 Å². The summed E-state index contributed by atoms with van der Waals surface area (Å²) in [5.74, 6) is 0.439. The molecule has 0 atom stereocenters. The maximum absolute atomic E-state index is 11.5. The number of nitrogens with zero attached hydrogens (tertiary/aromatic N) is 2. The summed E-state index contributed by atoms with van der Waals surface area (Å²) >= 11 is 0. The first-order valence-electron chi connectivity index (χ1n) is 5.57. The molecule has 0 radical (unpaired) electrons. The summed E-state index contributed by atoms with van der Waals surface area (Å²) in [6.07, 6.45) is 3.73. The Morgan fingerprint density at radius 2 is 2.38 bits per heavy atom. The van der Waals surface area contributed by atoms with Crippen LogP contribution in [0, 0.1) is 0 Å². The first kappa shape index (κ1) is 11.1. The lowest BCUT2D eigenvalue weighted by Crippen LogP contribution is -2.26. The second-order valence-corrected chi connectivity index (χ2v) is 3.97. The van der Waals surface area contributed by atoms with Gasteiger partial charge in [0.05, 0.1) is 0 Å². The van der Waals surface area contributed by atoms with E-state index in [-0.39, 0.29) is 11.7 Å². The highest BCUT2D eigenvalue weighted by Crippen LogP contribution is 2.18. The fourth-order valence-electron chi connectivity index (χ4n) is 1.34. The van der Waals surface area contributed by atoms with Crippen LogP contribution in [0.3, 0.4) is 0 Å². The number of hydrogen-bond acceptors (Lipinski definition) is 5. The second kappa shape index (κ2) is 5.07. The molecule has 6 nitrogen and oxygen atoms in total. The van der Waals surface area contributed by atoms with Gasteiger partial charge >= 0.3 is 0 Å². The maximum Gasteiger partial charge on any atom is 0.292 e. The first-order valence-corrected chi connectivity index (χ1v) is 5.57. The third-order valence-electron chi connectivity index (χ3n) is 2.40. The van der Waals surface area contributed by atoms with E-state index in [1.165, 1.54) is 0 Å². The van der Waals surface area contributed by atoms with Crippen LogP contribution in [0.25, 0.3) is 0 Å². The Kier molecular flexibility index (Phi) is 3.51. The molecule has 1 saturated carbocycles. The monoisotopic (exact) mass is 224 g/mol. The van der Waals surface area contributed by atoms with E-state index in [1.807, 2.05) is 7.05 Å². The predicted octanol–water partition coefficient (Wildman–Crippen LogP) is 0.114. The molecule has 2 rings (SSSR count). The van der Waals surface area contributed by atoms with E-state index in [2.05, 4.69) is 20.8 Å². The minimum atomic E-state index is -0.230. The minimum absolute atomic E-state index is 0.145. The minimum Gasteiger partial charge on any atom is -0.346 e. The molecule has 1 aliphatic rings. The molecule has 0 aliphatic heterocycles.